The first-order valence-corrected chi connectivity index (χ1v) is 8.95. The van der Waals surface area contributed by atoms with Crippen LogP contribution in [0, 0.1) is 0 Å². The van der Waals surface area contributed by atoms with Crippen LogP contribution in [0.1, 0.15) is 16.7 Å². The van der Waals surface area contributed by atoms with Crippen molar-refractivity contribution in [2.75, 3.05) is 0 Å². The Kier molecular flexibility index (Phi) is 4.52. The van der Waals surface area contributed by atoms with Crippen molar-refractivity contribution in [2.45, 2.75) is 11.5 Å². The van der Waals surface area contributed by atoms with E-state index < -0.39 is 9.76 Å². The summed E-state index contributed by atoms with van der Waals surface area (Å²) in [5.74, 6) is 0. The molecule has 110 valence electrons. The predicted octanol–water partition coefficient (Wildman–Crippen LogP) is 3.25. The van der Waals surface area contributed by atoms with E-state index in [2.05, 4.69) is 72.8 Å². The lowest BCUT2D eigenvalue weighted by Gasteiger charge is -2.33. The highest BCUT2D eigenvalue weighted by atomic mass is 28.2. The zero-order valence-corrected chi connectivity index (χ0v) is 13.9. The maximum Gasteiger partial charge on any atom is 0.171 e. The molecule has 0 aliphatic rings. The second kappa shape index (κ2) is 6.73. The topological polar surface area (TPSA) is 20.2 Å². The van der Waals surface area contributed by atoms with Crippen LogP contribution >= 0.6 is 0 Å². The van der Waals surface area contributed by atoms with Crippen molar-refractivity contribution in [3.05, 3.63) is 108 Å². The average Bonchev–Trinajstić information content (AvgIpc) is 2.62. The van der Waals surface area contributed by atoms with E-state index in [4.69, 9.17) is 0 Å². The van der Waals surface area contributed by atoms with Gasteiger partial charge in [0.2, 0.25) is 0 Å². The lowest BCUT2D eigenvalue weighted by Crippen LogP contribution is -2.37. The summed E-state index contributed by atoms with van der Waals surface area (Å²) in [6.07, 6.45) is 0.838. The standard InChI is InChI=1S/C20H20OSi/c21-22-20(18-12-6-2-7-13-18,19-14-8-3-9-15-19)16-17-10-4-1-5-11-17/h1-15,21H,16,22H2. The van der Waals surface area contributed by atoms with Crippen molar-refractivity contribution in [3.63, 3.8) is 0 Å². The molecule has 0 saturated carbocycles. The molecule has 0 atom stereocenters. The van der Waals surface area contributed by atoms with Gasteiger partial charge in [-0.25, -0.2) is 0 Å². The minimum Gasteiger partial charge on any atom is -0.437 e. The normalized spacial score (nSPS) is 11.9. The van der Waals surface area contributed by atoms with Gasteiger partial charge in [0.05, 0.1) is 0 Å². The lowest BCUT2D eigenvalue weighted by atomic mass is 9.84. The molecule has 1 N–H and O–H groups in total. The first kappa shape index (κ1) is 14.8. The molecule has 0 bridgehead atoms. The summed E-state index contributed by atoms with van der Waals surface area (Å²) < 4.78 is 0. The molecule has 0 heterocycles. The van der Waals surface area contributed by atoms with Gasteiger partial charge in [-0.15, -0.1) is 0 Å². The summed E-state index contributed by atoms with van der Waals surface area (Å²) in [4.78, 5) is 10.5. The number of hydrogen-bond donors (Lipinski definition) is 1. The zero-order valence-electron chi connectivity index (χ0n) is 12.5. The third-order valence-electron chi connectivity index (χ3n) is 4.27. The Morgan fingerprint density at radius 2 is 1.05 bits per heavy atom. The van der Waals surface area contributed by atoms with E-state index in [-0.39, 0.29) is 5.04 Å². The van der Waals surface area contributed by atoms with Crippen molar-refractivity contribution < 1.29 is 4.80 Å². The SMILES string of the molecule is O[SiH2]C(Cc1ccccc1)(c1ccccc1)c1ccccc1. The van der Waals surface area contributed by atoms with Crippen LogP contribution < -0.4 is 0 Å². The molecule has 3 rings (SSSR count). The van der Waals surface area contributed by atoms with E-state index in [0.717, 1.165) is 6.42 Å². The first-order valence-electron chi connectivity index (χ1n) is 7.61. The second-order valence-electron chi connectivity index (χ2n) is 5.63. The van der Waals surface area contributed by atoms with Crippen LogP contribution in [-0.4, -0.2) is 14.6 Å². The molecule has 0 aliphatic carbocycles. The van der Waals surface area contributed by atoms with Gasteiger partial charge in [-0.3, -0.25) is 0 Å². The lowest BCUT2D eigenvalue weighted by molar-refractivity contribution is 0.537. The predicted molar refractivity (Wildman–Crippen MR) is 94.6 cm³/mol. The first-order chi connectivity index (χ1) is 10.8. The van der Waals surface area contributed by atoms with Gasteiger partial charge in [-0.1, -0.05) is 91.0 Å². The summed E-state index contributed by atoms with van der Waals surface area (Å²) in [6, 6.07) is 31.3. The Hall–Kier alpha value is -2.16. The summed E-state index contributed by atoms with van der Waals surface area (Å²) in [5, 5.41) is -0.274. The third kappa shape index (κ3) is 2.89. The Morgan fingerprint density at radius 3 is 1.45 bits per heavy atom. The highest BCUT2D eigenvalue weighted by Gasteiger charge is 2.34. The van der Waals surface area contributed by atoms with Gasteiger partial charge in [0, 0.05) is 5.04 Å². The van der Waals surface area contributed by atoms with Crippen LogP contribution in [0.25, 0.3) is 0 Å². The quantitative estimate of drug-likeness (QED) is 0.717. The number of hydrogen-bond acceptors (Lipinski definition) is 1. The fourth-order valence-electron chi connectivity index (χ4n) is 3.07. The van der Waals surface area contributed by atoms with Crippen LogP contribution in [0.15, 0.2) is 91.0 Å². The fraction of sp³-hybridized carbons (Fsp3) is 0.100. The van der Waals surface area contributed by atoms with Gasteiger partial charge >= 0.3 is 0 Å². The summed E-state index contributed by atoms with van der Waals surface area (Å²) >= 11 is 0. The molecule has 0 amide bonds. The maximum absolute atomic E-state index is 10.5. The third-order valence-corrected chi connectivity index (χ3v) is 5.88. The minimum atomic E-state index is -1.32. The highest BCUT2D eigenvalue weighted by molar-refractivity contribution is 6.32. The van der Waals surface area contributed by atoms with E-state index in [9.17, 15) is 4.80 Å². The van der Waals surface area contributed by atoms with Crippen molar-refractivity contribution >= 4 is 9.76 Å². The Morgan fingerprint density at radius 1 is 0.636 bits per heavy atom. The van der Waals surface area contributed by atoms with E-state index in [1.54, 1.807) is 0 Å². The molecule has 22 heavy (non-hydrogen) atoms. The van der Waals surface area contributed by atoms with E-state index in [1.807, 2.05) is 18.2 Å². The van der Waals surface area contributed by atoms with Gasteiger partial charge in [-0.05, 0) is 23.1 Å². The van der Waals surface area contributed by atoms with Gasteiger partial charge in [-0.2, -0.15) is 0 Å². The maximum atomic E-state index is 10.5. The van der Waals surface area contributed by atoms with Crippen molar-refractivity contribution in [1.82, 2.24) is 0 Å². The van der Waals surface area contributed by atoms with Crippen LogP contribution in [0.4, 0.5) is 0 Å². The second-order valence-corrected chi connectivity index (χ2v) is 7.16. The van der Waals surface area contributed by atoms with Crippen molar-refractivity contribution in [3.8, 4) is 0 Å². The molecule has 0 unspecified atom stereocenters. The molecular weight excluding hydrogens is 284 g/mol. The monoisotopic (exact) mass is 304 g/mol. The molecule has 3 aromatic carbocycles. The number of rotatable bonds is 5. The van der Waals surface area contributed by atoms with Crippen LogP contribution in [0.2, 0.25) is 0 Å². The Balaban J connectivity index is 2.13. The summed E-state index contributed by atoms with van der Waals surface area (Å²) in [6.45, 7) is 0. The zero-order chi connectivity index (χ0) is 15.3. The molecule has 3 aromatic rings. The largest absolute Gasteiger partial charge is 0.437 e. The average molecular weight is 304 g/mol. The van der Waals surface area contributed by atoms with Gasteiger partial charge in [0.25, 0.3) is 0 Å². The van der Waals surface area contributed by atoms with E-state index in [0.29, 0.717) is 0 Å². The van der Waals surface area contributed by atoms with Crippen LogP contribution in [0.5, 0.6) is 0 Å². The molecule has 0 fully saturated rings. The Bertz CT molecular complexity index is 656. The van der Waals surface area contributed by atoms with E-state index in [1.165, 1.54) is 16.7 Å². The molecule has 2 heteroatoms. The molecule has 1 nitrogen and oxygen atoms in total. The van der Waals surface area contributed by atoms with Crippen LogP contribution in [0.3, 0.4) is 0 Å². The highest BCUT2D eigenvalue weighted by Crippen LogP contribution is 2.34. The fourth-order valence-corrected chi connectivity index (χ4v) is 4.30. The smallest absolute Gasteiger partial charge is 0.171 e. The minimum absolute atomic E-state index is 0.274. The van der Waals surface area contributed by atoms with Gasteiger partial charge in [0.15, 0.2) is 9.76 Å². The molecule has 0 spiro atoms. The van der Waals surface area contributed by atoms with Crippen molar-refractivity contribution in [1.29, 1.82) is 0 Å². The molecule has 0 saturated heterocycles. The molecule has 0 aromatic heterocycles. The van der Waals surface area contributed by atoms with Gasteiger partial charge in [0.1, 0.15) is 0 Å². The van der Waals surface area contributed by atoms with Crippen LogP contribution in [-0.2, 0) is 11.5 Å². The summed E-state index contributed by atoms with van der Waals surface area (Å²) in [5.41, 5.74) is 3.68. The molecule has 0 aliphatic heterocycles. The number of benzene rings is 3. The van der Waals surface area contributed by atoms with E-state index >= 15 is 0 Å². The summed E-state index contributed by atoms with van der Waals surface area (Å²) in [7, 11) is -1.32. The van der Waals surface area contributed by atoms with Crippen molar-refractivity contribution in [2.24, 2.45) is 0 Å². The Labute approximate surface area is 134 Å². The molecular formula is C20H20OSi. The molecule has 0 radical (unpaired) electrons. The van der Waals surface area contributed by atoms with Gasteiger partial charge < -0.3 is 4.80 Å².